The van der Waals surface area contributed by atoms with Gasteiger partial charge in [0.15, 0.2) is 6.04 Å². The number of carbonyl (C=O) groups is 1. The summed E-state index contributed by atoms with van der Waals surface area (Å²) in [6.45, 7) is 5.30. The minimum atomic E-state index is -0.879. The van der Waals surface area contributed by atoms with Gasteiger partial charge < -0.3 is 5.11 Å². The SMILES string of the molecule is CCN(CC)[C](C(=O)O)c1c2ccccc2cc2ccccc12. The topological polar surface area (TPSA) is 40.5 Å². The molecule has 1 radical (unpaired) electrons. The minimum absolute atomic E-state index is 0.378. The number of fused-ring (bicyclic) bond motifs is 2. The van der Waals surface area contributed by atoms with Crippen molar-refractivity contribution in [3.8, 4) is 0 Å². The first-order chi connectivity index (χ1) is 11.2. The lowest BCUT2D eigenvalue weighted by atomic mass is 9.91. The molecular weight excluding hydrogens is 286 g/mol. The van der Waals surface area contributed by atoms with Gasteiger partial charge in [0.25, 0.3) is 0 Å². The third kappa shape index (κ3) is 2.68. The van der Waals surface area contributed by atoms with Crippen LogP contribution in [0.15, 0.2) is 54.6 Å². The maximum atomic E-state index is 12.1. The van der Waals surface area contributed by atoms with Crippen LogP contribution in [0.25, 0.3) is 21.5 Å². The fourth-order valence-electron chi connectivity index (χ4n) is 3.21. The Morgan fingerprint density at radius 2 is 1.39 bits per heavy atom. The number of nitrogens with zero attached hydrogens (tertiary/aromatic N) is 1. The van der Waals surface area contributed by atoms with Gasteiger partial charge >= 0.3 is 5.97 Å². The van der Waals surface area contributed by atoms with Gasteiger partial charge in [-0.15, -0.1) is 0 Å². The molecule has 0 spiro atoms. The Bertz CT molecular complexity index is 799. The third-order valence-electron chi connectivity index (χ3n) is 4.29. The molecule has 0 unspecified atom stereocenters. The Labute approximate surface area is 136 Å². The lowest BCUT2D eigenvalue weighted by molar-refractivity contribution is -0.136. The second-order valence-electron chi connectivity index (χ2n) is 5.52. The lowest BCUT2D eigenvalue weighted by Gasteiger charge is -2.27. The molecule has 3 rings (SSSR count). The molecule has 1 N–H and O–H groups in total. The summed E-state index contributed by atoms with van der Waals surface area (Å²) in [6, 6.07) is 18.5. The van der Waals surface area contributed by atoms with Crippen LogP contribution in [-0.4, -0.2) is 29.1 Å². The van der Waals surface area contributed by atoms with Crippen molar-refractivity contribution in [3.05, 3.63) is 66.2 Å². The average Bonchev–Trinajstić information content (AvgIpc) is 2.57. The molecule has 0 atom stereocenters. The molecule has 0 bridgehead atoms. The first kappa shape index (κ1) is 15.5. The Balaban J connectivity index is 2.41. The van der Waals surface area contributed by atoms with Crippen molar-refractivity contribution in [2.75, 3.05) is 13.1 Å². The predicted octanol–water partition coefficient (Wildman–Crippen LogP) is 4.30. The van der Waals surface area contributed by atoms with Gasteiger partial charge in [0.2, 0.25) is 0 Å². The summed E-state index contributed by atoms with van der Waals surface area (Å²) in [5, 5.41) is 14.0. The Morgan fingerprint density at radius 1 is 0.913 bits per heavy atom. The molecule has 0 saturated carbocycles. The number of aliphatic carboxylic acids is 1. The summed E-state index contributed by atoms with van der Waals surface area (Å²) in [4.78, 5) is 14.0. The number of hydrogen-bond donors (Lipinski definition) is 1. The molecule has 3 heteroatoms. The smallest absolute Gasteiger partial charge is 0.331 e. The van der Waals surface area contributed by atoms with Crippen LogP contribution in [0, 0.1) is 6.04 Å². The highest BCUT2D eigenvalue weighted by Crippen LogP contribution is 2.35. The number of carboxylic acid groups (broad SMARTS) is 1. The van der Waals surface area contributed by atoms with E-state index in [0.29, 0.717) is 19.1 Å². The molecule has 23 heavy (non-hydrogen) atoms. The van der Waals surface area contributed by atoms with Crippen LogP contribution in [0.1, 0.15) is 19.4 Å². The average molecular weight is 306 g/mol. The summed E-state index contributed by atoms with van der Waals surface area (Å²) in [7, 11) is 0. The fourth-order valence-corrected chi connectivity index (χ4v) is 3.21. The van der Waals surface area contributed by atoms with Crippen molar-refractivity contribution >= 4 is 27.5 Å². The first-order valence-electron chi connectivity index (χ1n) is 7.93. The van der Waals surface area contributed by atoms with Crippen molar-refractivity contribution < 1.29 is 9.90 Å². The Morgan fingerprint density at radius 3 is 1.83 bits per heavy atom. The molecule has 3 aromatic carbocycles. The minimum Gasteiger partial charge on any atom is -0.480 e. The predicted molar refractivity (Wildman–Crippen MR) is 94.4 cm³/mol. The molecule has 0 aliphatic carbocycles. The highest BCUT2D eigenvalue weighted by molar-refractivity contribution is 6.08. The monoisotopic (exact) mass is 306 g/mol. The lowest BCUT2D eigenvalue weighted by Crippen LogP contribution is -2.35. The van der Waals surface area contributed by atoms with E-state index in [2.05, 4.69) is 6.07 Å². The maximum absolute atomic E-state index is 12.1. The molecule has 0 heterocycles. The number of benzene rings is 3. The van der Waals surface area contributed by atoms with Gasteiger partial charge in [0.1, 0.15) is 0 Å². The maximum Gasteiger partial charge on any atom is 0.331 e. The molecular formula is C20H20NO2. The standard InChI is InChI=1S/C20H20NO2/c1-3-21(4-2)19(20(22)23)18-16-11-7-5-9-14(16)13-15-10-6-8-12-17(15)18/h5-13H,3-4H2,1-2H3,(H,22,23). The van der Waals surface area contributed by atoms with E-state index in [9.17, 15) is 9.90 Å². The fraction of sp³-hybridized carbons (Fsp3) is 0.200. The summed E-state index contributed by atoms with van der Waals surface area (Å²) in [6.07, 6.45) is 0. The highest BCUT2D eigenvalue weighted by Gasteiger charge is 2.30. The first-order valence-corrected chi connectivity index (χ1v) is 7.93. The van der Waals surface area contributed by atoms with Crippen LogP contribution in [-0.2, 0) is 4.79 Å². The molecule has 3 aromatic rings. The van der Waals surface area contributed by atoms with Crippen LogP contribution in [0.3, 0.4) is 0 Å². The van der Waals surface area contributed by atoms with E-state index >= 15 is 0 Å². The molecule has 3 nitrogen and oxygen atoms in total. The van der Waals surface area contributed by atoms with E-state index in [-0.39, 0.29) is 0 Å². The quantitative estimate of drug-likeness (QED) is 0.714. The van der Waals surface area contributed by atoms with Crippen molar-refractivity contribution in [2.45, 2.75) is 13.8 Å². The number of likely N-dealkylation sites (N-methyl/N-ethyl adjacent to an activating group) is 1. The number of hydrogen-bond acceptors (Lipinski definition) is 2. The van der Waals surface area contributed by atoms with Gasteiger partial charge in [0, 0.05) is 5.56 Å². The van der Waals surface area contributed by atoms with Crippen LogP contribution in [0.5, 0.6) is 0 Å². The van der Waals surface area contributed by atoms with Gasteiger partial charge in [-0.25, -0.2) is 4.79 Å². The van der Waals surface area contributed by atoms with Gasteiger partial charge in [0.05, 0.1) is 0 Å². The van der Waals surface area contributed by atoms with Gasteiger partial charge in [-0.3, -0.25) is 4.90 Å². The van der Waals surface area contributed by atoms with Crippen LogP contribution < -0.4 is 0 Å². The van der Waals surface area contributed by atoms with Crippen LogP contribution in [0.2, 0.25) is 0 Å². The van der Waals surface area contributed by atoms with Crippen molar-refractivity contribution in [3.63, 3.8) is 0 Å². The van der Waals surface area contributed by atoms with Crippen molar-refractivity contribution in [1.29, 1.82) is 0 Å². The highest BCUT2D eigenvalue weighted by atomic mass is 16.4. The molecule has 0 aromatic heterocycles. The number of carboxylic acids is 1. The van der Waals surface area contributed by atoms with E-state index in [1.165, 1.54) is 0 Å². The largest absolute Gasteiger partial charge is 0.480 e. The second kappa shape index (κ2) is 6.39. The van der Waals surface area contributed by atoms with E-state index in [1.807, 2.05) is 67.3 Å². The zero-order chi connectivity index (χ0) is 16.4. The van der Waals surface area contributed by atoms with Gasteiger partial charge in [-0.2, -0.15) is 0 Å². The van der Waals surface area contributed by atoms with E-state index in [1.54, 1.807) is 0 Å². The summed E-state index contributed by atoms with van der Waals surface area (Å²) in [5.74, 6) is -0.879. The molecule has 0 saturated heterocycles. The van der Waals surface area contributed by atoms with E-state index in [4.69, 9.17) is 0 Å². The van der Waals surface area contributed by atoms with Crippen molar-refractivity contribution in [2.24, 2.45) is 0 Å². The summed E-state index contributed by atoms with van der Waals surface area (Å²) >= 11 is 0. The normalized spacial score (nSPS) is 11.7. The van der Waals surface area contributed by atoms with Gasteiger partial charge in [-0.1, -0.05) is 62.4 Å². The molecule has 0 aliphatic rings. The number of rotatable bonds is 5. The van der Waals surface area contributed by atoms with Crippen LogP contribution >= 0.6 is 0 Å². The zero-order valence-corrected chi connectivity index (χ0v) is 13.4. The Kier molecular flexibility index (Phi) is 4.30. The van der Waals surface area contributed by atoms with Crippen molar-refractivity contribution in [1.82, 2.24) is 4.90 Å². The molecule has 0 fully saturated rings. The summed E-state index contributed by atoms with van der Waals surface area (Å²) in [5.41, 5.74) is 0.815. The second-order valence-corrected chi connectivity index (χ2v) is 5.52. The zero-order valence-electron chi connectivity index (χ0n) is 13.4. The molecule has 0 amide bonds. The van der Waals surface area contributed by atoms with E-state index in [0.717, 1.165) is 27.1 Å². The van der Waals surface area contributed by atoms with Crippen LogP contribution in [0.4, 0.5) is 0 Å². The molecule has 117 valence electrons. The third-order valence-corrected chi connectivity index (χ3v) is 4.29. The Hall–Kier alpha value is -2.39. The summed E-state index contributed by atoms with van der Waals surface area (Å²) < 4.78 is 0. The van der Waals surface area contributed by atoms with Gasteiger partial charge in [-0.05, 0) is 40.7 Å². The van der Waals surface area contributed by atoms with E-state index < -0.39 is 5.97 Å². The molecule has 0 aliphatic heterocycles.